The van der Waals surface area contributed by atoms with Gasteiger partial charge < -0.3 is 14.8 Å². The topological polar surface area (TPSA) is 59.6 Å². The molecule has 0 saturated carbocycles. The van der Waals surface area contributed by atoms with Gasteiger partial charge in [0.15, 0.2) is 5.11 Å². The monoisotopic (exact) mass is 434 g/mol. The van der Waals surface area contributed by atoms with Gasteiger partial charge in [0.05, 0.1) is 13.2 Å². The predicted molar refractivity (Wildman–Crippen MR) is 128 cm³/mol. The molecule has 0 fully saturated rings. The van der Waals surface area contributed by atoms with Crippen LogP contribution in [0.5, 0.6) is 11.5 Å². The van der Waals surface area contributed by atoms with Crippen molar-refractivity contribution in [1.29, 1.82) is 0 Å². The average molecular weight is 435 g/mol. The highest BCUT2D eigenvalue weighted by Gasteiger charge is 2.09. The molecular weight excluding hydrogens is 408 g/mol. The second kappa shape index (κ2) is 11.7. The minimum Gasteiger partial charge on any atom is -0.494 e. The van der Waals surface area contributed by atoms with Gasteiger partial charge in [0.25, 0.3) is 5.91 Å². The van der Waals surface area contributed by atoms with E-state index in [1.165, 1.54) is 5.56 Å². The Kier molecular flexibility index (Phi) is 8.43. The van der Waals surface area contributed by atoms with Crippen molar-refractivity contribution in [2.75, 3.05) is 18.5 Å². The van der Waals surface area contributed by atoms with Crippen molar-refractivity contribution in [1.82, 2.24) is 5.32 Å². The molecule has 3 aromatic carbocycles. The highest BCUT2D eigenvalue weighted by molar-refractivity contribution is 7.80. The number of anilines is 1. The van der Waals surface area contributed by atoms with Gasteiger partial charge in [-0.15, -0.1) is 0 Å². The molecule has 0 saturated heterocycles. The Balaban J connectivity index is 1.47. The van der Waals surface area contributed by atoms with Crippen molar-refractivity contribution in [2.45, 2.75) is 19.8 Å². The summed E-state index contributed by atoms with van der Waals surface area (Å²) < 4.78 is 11.4. The maximum atomic E-state index is 12.5. The Morgan fingerprint density at radius 2 is 1.61 bits per heavy atom. The third-order valence-electron chi connectivity index (χ3n) is 4.41. The van der Waals surface area contributed by atoms with Crippen molar-refractivity contribution in [3.05, 3.63) is 90.0 Å². The Hall–Kier alpha value is -3.38. The van der Waals surface area contributed by atoms with Crippen LogP contribution >= 0.6 is 12.2 Å². The summed E-state index contributed by atoms with van der Waals surface area (Å²) in [6.45, 7) is 3.28. The lowest BCUT2D eigenvalue weighted by molar-refractivity contribution is 0.0977. The number of hydrogen-bond donors (Lipinski definition) is 2. The molecule has 0 aliphatic heterocycles. The van der Waals surface area contributed by atoms with Crippen molar-refractivity contribution in [3.8, 4) is 11.5 Å². The molecule has 160 valence electrons. The number of carbonyl (C=O) groups is 1. The van der Waals surface area contributed by atoms with Gasteiger partial charge in [-0.3, -0.25) is 10.1 Å². The third-order valence-corrected chi connectivity index (χ3v) is 4.61. The van der Waals surface area contributed by atoms with Crippen LogP contribution < -0.4 is 20.1 Å². The van der Waals surface area contributed by atoms with Crippen LogP contribution in [-0.2, 0) is 6.42 Å². The van der Waals surface area contributed by atoms with E-state index in [-0.39, 0.29) is 11.0 Å². The minimum atomic E-state index is -0.285. The second-order valence-corrected chi connectivity index (χ2v) is 7.30. The van der Waals surface area contributed by atoms with Crippen LogP contribution in [0.2, 0.25) is 0 Å². The van der Waals surface area contributed by atoms with Crippen LogP contribution in [0.4, 0.5) is 5.69 Å². The van der Waals surface area contributed by atoms with E-state index in [1.807, 2.05) is 42.5 Å². The molecular formula is C25H26N2O3S. The molecule has 0 atom stereocenters. The Labute approximate surface area is 188 Å². The summed E-state index contributed by atoms with van der Waals surface area (Å²) >= 11 is 5.26. The fraction of sp³-hybridized carbons (Fsp3) is 0.200. The Bertz CT molecular complexity index is 991. The summed E-state index contributed by atoms with van der Waals surface area (Å²) in [6, 6.07) is 24.6. The summed E-state index contributed by atoms with van der Waals surface area (Å²) in [4.78, 5) is 12.5. The van der Waals surface area contributed by atoms with Crippen LogP contribution in [0, 0.1) is 0 Å². The maximum Gasteiger partial charge on any atom is 0.257 e. The Morgan fingerprint density at radius 3 is 2.35 bits per heavy atom. The van der Waals surface area contributed by atoms with Gasteiger partial charge in [-0.1, -0.05) is 43.3 Å². The molecule has 6 heteroatoms. The van der Waals surface area contributed by atoms with Crippen LogP contribution in [0.3, 0.4) is 0 Å². The van der Waals surface area contributed by atoms with E-state index in [9.17, 15) is 4.79 Å². The molecule has 0 spiro atoms. The van der Waals surface area contributed by atoms with Gasteiger partial charge >= 0.3 is 0 Å². The van der Waals surface area contributed by atoms with Crippen molar-refractivity contribution in [2.24, 2.45) is 0 Å². The van der Waals surface area contributed by atoms with E-state index < -0.39 is 0 Å². The van der Waals surface area contributed by atoms with Gasteiger partial charge in [0.2, 0.25) is 0 Å². The molecule has 0 aliphatic carbocycles. The largest absolute Gasteiger partial charge is 0.494 e. The number of nitrogens with one attached hydrogen (secondary N) is 2. The van der Waals surface area contributed by atoms with E-state index in [0.717, 1.165) is 30.0 Å². The van der Waals surface area contributed by atoms with Gasteiger partial charge in [-0.25, -0.2) is 0 Å². The molecule has 0 radical (unpaired) electrons. The molecule has 0 bridgehead atoms. The van der Waals surface area contributed by atoms with Gasteiger partial charge in [0, 0.05) is 23.7 Å². The van der Waals surface area contributed by atoms with Crippen LogP contribution in [0.15, 0.2) is 78.9 Å². The van der Waals surface area contributed by atoms with E-state index in [1.54, 1.807) is 24.3 Å². The van der Waals surface area contributed by atoms with Crippen LogP contribution in [-0.4, -0.2) is 24.2 Å². The molecule has 31 heavy (non-hydrogen) atoms. The summed E-state index contributed by atoms with van der Waals surface area (Å²) in [5.74, 6) is 1.19. The lowest BCUT2D eigenvalue weighted by Crippen LogP contribution is -2.34. The zero-order chi connectivity index (χ0) is 21.9. The molecule has 0 unspecified atom stereocenters. The fourth-order valence-electron chi connectivity index (χ4n) is 2.86. The number of amides is 1. The normalized spacial score (nSPS) is 10.2. The van der Waals surface area contributed by atoms with Crippen LogP contribution in [0.25, 0.3) is 0 Å². The van der Waals surface area contributed by atoms with Gasteiger partial charge in [-0.2, -0.15) is 0 Å². The number of rotatable bonds is 9. The summed E-state index contributed by atoms with van der Waals surface area (Å²) in [7, 11) is 0. The van der Waals surface area contributed by atoms with Gasteiger partial charge in [0.1, 0.15) is 11.5 Å². The smallest absolute Gasteiger partial charge is 0.257 e. The molecule has 5 nitrogen and oxygen atoms in total. The minimum absolute atomic E-state index is 0.223. The maximum absolute atomic E-state index is 12.5. The zero-order valence-electron chi connectivity index (χ0n) is 17.5. The first-order chi connectivity index (χ1) is 15.1. The standard InChI is InChI=1S/C25H26N2O3S/c1-2-16-29-23-10-6-9-21(18-23)26-25(31)27-24(28)20-11-13-22(14-12-20)30-17-15-19-7-4-3-5-8-19/h3-14,18H,2,15-17H2,1H3,(H2,26,27,28,31). The summed E-state index contributed by atoms with van der Waals surface area (Å²) in [6.07, 6.45) is 1.76. The number of ether oxygens (including phenoxy) is 2. The first-order valence-corrected chi connectivity index (χ1v) is 10.7. The molecule has 3 aromatic rings. The molecule has 2 N–H and O–H groups in total. The summed E-state index contributed by atoms with van der Waals surface area (Å²) in [5, 5.41) is 5.92. The highest BCUT2D eigenvalue weighted by atomic mass is 32.1. The molecule has 3 rings (SSSR count). The fourth-order valence-corrected chi connectivity index (χ4v) is 3.07. The number of carbonyl (C=O) groups excluding carboxylic acids is 1. The van der Waals surface area contributed by atoms with Gasteiger partial charge in [-0.05, 0) is 60.6 Å². The second-order valence-electron chi connectivity index (χ2n) is 6.89. The Morgan fingerprint density at radius 1 is 0.871 bits per heavy atom. The number of benzene rings is 3. The van der Waals surface area contributed by atoms with Crippen LogP contribution in [0.1, 0.15) is 29.3 Å². The third kappa shape index (κ3) is 7.42. The first kappa shape index (κ1) is 22.3. The van der Waals surface area contributed by atoms with E-state index >= 15 is 0 Å². The van der Waals surface area contributed by atoms with E-state index in [0.29, 0.717) is 18.8 Å². The first-order valence-electron chi connectivity index (χ1n) is 10.3. The molecule has 0 aliphatic rings. The zero-order valence-corrected chi connectivity index (χ0v) is 18.3. The number of thiocarbonyl (C=S) groups is 1. The molecule has 1 amide bonds. The lowest BCUT2D eigenvalue weighted by Gasteiger charge is -2.12. The lowest BCUT2D eigenvalue weighted by atomic mass is 10.2. The predicted octanol–water partition coefficient (Wildman–Crippen LogP) is 5.22. The molecule has 0 aromatic heterocycles. The quantitative estimate of drug-likeness (QED) is 0.452. The van der Waals surface area contributed by atoms with E-state index in [4.69, 9.17) is 21.7 Å². The van der Waals surface area contributed by atoms with Crippen molar-refractivity contribution < 1.29 is 14.3 Å². The SMILES string of the molecule is CCCOc1cccc(NC(=S)NC(=O)c2ccc(OCCc3ccccc3)cc2)c1. The molecule has 0 heterocycles. The average Bonchev–Trinajstić information content (AvgIpc) is 2.79. The van der Waals surface area contributed by atoms with Crippen molar-refractivity contribution in [3.63, 3.8) is 0 Å². The van der Waals surface area contributed by atoms with E-state index in [2.05, 4.69) is 29.7 Å². The summed E-state index contributed by atoms with van der Waals surface area (Å²) in [5.41, 5.74) is 2.47. The van der Waals surface area contributed by atoms with Crippen molar-refractivity contribution >= 4 is 28.9 Å². The highest BCUT2D eigenvalue weighted by Crippen LogP contribution is 2.18. The number of hydrogen-bond acceptors (Lipinski definition) is 4.